The molecule has 0 spiro atoms. The first-order valence-corrected chi connectivity index (χ1v) is 12.5. The Morgan fingerprint density at radius 3 is 2.08 bits per heavy atom. The van der Waals surface area contributed by atoms with Crippen molar-refractivity contribution >= 4 is 17.8 Å². The highest BCUT2D eigenvalue weighted by atomic mass is 16.5. The molecule has 0 fully saturated rings. The molecule has 0 radical (unpaired) electrons. The lowest BCUT2D eigenvalue weighted by Gasteiger charge is -2.31. The Hall–Kier alpha value is -3.94. The van der Waals surface area contributed by atoms with E-state index in [-0.39, 0.29) is 19.6 Å². The summed E-state index contributed by atoms with van der Waals surface area (Å²) in [7, 11) is 0. The lowest BCUT2D eigenvalue weighted by molar-refractivity contribution is -0.154. The number of hydrogen-bond donors (Lipinski definition) is 1. The van der Waals surface area contributed by atoms with E-state index < -0.39 is 23.3 Å². The maximum Gasteiger partial charge on any atom is 0.302 e. The van der Waals surface area contributed by atoms with Crippen molar-refractivity contribution in [2.24, 2.45) is 11.1 Å². The molecule has 0 aliphatic rings. The van der Waals surface area contributed by atoms with Gasteiger partial charge in [0.15, 0.2) is 0 Å². The summed E-state index contributed by atoms with van der Waals surface area (Å²) < 4.78 is 12.4. The molecule has 8 nitrogen and oxygen atoms in total. The molecule has 3 rings (SSSR count). The molecule has 0 saturated heterocycles. The third kappa shape index (κ3) is 9.22. The number of primary amides is 1. The van der Waals surface area contributed by atoms with Crippen LogP contribution in [0.1, 0.15) is 44.2 Å². The minimum absolute atomic E-state index is 0.0555. The lowest BCUT2D eigenvalue weighted by atomic mass is 9.80. The number of aryl methyl sites for hydroxylation is 3. The van der Waals surface area contributed by atoms with Crippen LogP contribution in [0.3, 0.4) is 0 Å². The van der Waals surface area contributed by atoms with E-state index in [1.165, 1.54) is 19.4 Å². The molecule has 2 aromatic carbocycles. The molecule has 196 valence electrons. The van der Waals surface area contributed by atoms with E-state index in [9.17, 15) is 14.4 Å². The summed E-state index contributed by atoms with van der Waals surface area (Å²) in [6.07, 6.45) is 6.93. The van der Waals surface area contributed by atoms with Gasteiger partial charge in [0.05, 0.1) is 6.20 Å². The van der Waals surface area contributed by atoms with Gasteiger partial charge in [0.25, 0.3) is 0 Å². The van der Waals surface area contributed by atoms with Crippen molar-refractivity contribution in [2.75, 3.05) is 13.2 Å². The molecule has 1 amide bonds. The zero-order valence-corrected chi connectivity index (χ0v) is 21.5. The number of rotatable bonds is 14. The Kier molecular flexibility index (Phi) is 10.0. The summed E-state index contributed by atoms with van der Waals surface area (Å²) in [6.45, 7) is 3.33. The van der Waals surface area contributed by atoms with Crippen LogP contribution in [0.15, 0.2) is 67.0 Å². The van der Waals surface area contributed by atoms with E-state index in [2.05, 4.69) is 35.6 Å². The molecule has 8 heteroatoms. The van der Waals surface area contributed by atoms with Crippen molar-refractivity contribution in [2.45, 2.75) is 52.5 Å². The second kappa shape index (κ2) is 13.4. The maximum atomic E-state index is 11.8. The van der Waals surface area contributed by atoms with Crippen LogP contribution >= 0.6 is 0 Å². The summed E-state index contributed by atoms with van der Waals surface area (Å²) >= 11 is 0. The number of carbonyl (C=O) groups is 3. The van der Waals surface area contributed by atoms with Gasteiger partial charge in [-0.1, -0.05) is 54.6 Å². The number of carbonyl (C=O) groups excluding carboxylic acids is 3. The molecular formula is C29H35N3O5. The second-order valence-corrected chi connectivity index (χ2v) is 9.48. The SMILES string of the molecule is CC(=O)OCC(CCc1ccc(-c2cnn(CCCc3ccccc3)c2)cc1)(COC(C)=O)CC(N)=O. The molecule has 1 heterocycles. The Morgan fingerprint density at radius 2 is 1.49 bits per heavy atom. The standard InChI is InChI=1S/C29H35N3O5/c1-22(33)36-20-29(17-28(30)35,21-37-23(2)34)15-14-25-10-12-26(13-11-25)27-18-31-32(19-27)16-6-9-24-7-4-3-5-8-24/h3-5,7-8,10-13,18-19H,6,9,14-17,20-21H2,1-2H3,(H2,30,35). The number of benzene rings is 2. The molecule has 0 unspecified atom stereocenters. The van der Waals surface area contributed by atoms with E-state index in [0.29, 0.717) is 12.8 Å². The van der Waals surface area contributed by atoms with Crippen molar-refractivity contribution in [3.63, 3.8) is 0 Å². The van der Waals surface area contributed by atoms with Crippen LogP contribution < -0.4 is 5.73 Å². The summed E-state index contributed by atoms with van der Waals surface area (Å²) in [5.74, 6) is -1.49. The van der Waals surface area contributed by atoms with Gasteiger partial charge in [0.2, 0.25) is 5.91 Å². The first-order valence-electron chi connectivity index (χ1n) is 12.5. The molecule has 0 aliphatic heterocycles. The normalized spacial score (nSPS) is 11.2. The van der Waals surface area contributed by atoms with E-state index in [0.717, 1.165) is 36.1 Å². The van der Waals surface area contributed by atoms with Crippen LogP contribution in [-0.4, -0.2) is 40.8 Å². The van der Waals surface area contributed by atoms with Crippen LogP contribution in [-0.2, 0) is 43.2 Å². The molecule has 3 aromatic rings. The van der Waals surface area contributed by atoms with Crippen LogP contribution in [0.2, 0.25) is 0 Å². The average molecular weight is 506 g/mol. The first-order chi connectivity index (χ1) is 17.7. The molecule has 1 aromatic heterocycles. The average Bonchev–Trinajstić information content (AvgIpc) is 3.34. The van der Waals surface area contributed by atoms with E-state index >= 15 is 0 Å². The third-order valence-electron chi connectivity index (χ3n) is 6.27. The maximum absolute atomic E-state index is 11.8. The van der Waals surface area contributed by atoms with E-state index in [1.807, 2.05) is 41.2 Å². The summed E-state index contributed by atoms with van der Waals surface area (Å²) in [4.78, 5) is 34.7. The van der Waals surface area contributed by atoms with Gasteiger partial charge in [-0.2, -0.15) is 5.10 Å². The number of nitrogens with zero attached hydrogens (tertiary/aromatic N) is 2. The van der Waals surface area contributed by atoms with Gasteiger partial charge in [-0.15, -0.1) is 0 Å². The van der Waals surface area contributed by atoms with Gasteiger partial charge >= 0.3 is 11.9 Å². The highest BCUT2D eigenvalue weighted by Gasteiger charge is 2.35. The number of ether oxygens (including phenoxy) is 2. The van der Waals surface area contributed by atoms with Gasteiger partial charge in [0, 0.05) is 44.0 Å². The topological polar surface area (TPSA) is 114 Å². The fourth-order valence-corrected chi connectivity index (χ4v) is 4.25. The number of hydrogen-bond acceptors (Lipinski definition) is 6. The predicted octanol–water partition coefficient (Wildman–Crippen LogP) is 4.10. The summed E-state index contributed by atoms with van der Waals surface area (Å²) in [5.41, 5.74) is 9.06. The quantitative estimate of drug-likeness (QED) is 0.330. The minimum Gasteiger partial charge on any atom is -0.465 e. The molecule has 37 heavy (non-hydrogen) atoms. The van der Waals surface area contributed by atoms with Gasteiger partial charge in [0.1, 0.15) is 13.2 Å². The molecular weight excluding hydrogens is 470 g/mol. The van der Waals surface area contributed by atoms with Crippen molar-refractivity contribution < 1.29 is 23.9 Å². The molecule has 0 bridgehead atoms. The lowest BCUT2D eigenvalue weighted by Crippen LogP contribution is -2.38. The number of esters is 2. The third-order valence-corrected chi connectivity index (χ3v) is 6.27. The highest BCUT2D eigenvalue weighted by Crippen LogP contribution is 2.31. The zero-order valence-electron chi connectivity index (χ0n) is 21.5. The van der Waals surface area contributed by atoms with Crippen molar-refractivity contribution in [1.29, 1.82) is 0 Å². The first kappa shape index (κ1) is 27.6. The Morgan fingerprint density at radius 1 is 0.865 bits per heavy atom. The largest absolute Gasteiger partial charge is 0.465 e. The zero-order chi connectivity index (χ0) is 26.7. The minimum atomic E-state index is -0.886. The van der Waals surface area contributed by atoms with E-state index in [1.54, 1.807) is 0 Å². The molecule has 0 atom stereocenters. The highest BCUT2D eigenvalue weighted by molar-refractivity contribution is 5.75. The molecule has 0 aliphatic carbocycles. The van der Waals surface area contributed by atoms with Gasteiger partial charge < -0.3 is 15.2 Å². The number of aromatic nitrogens is 2. The Labute approximate surface area is 217 Å². The monoisotopic (exact) mass is 505 g/mol. The van der Waals surface area contributed by atoms with Gasteiger partial charge in [-0.25, -0.2) is 0 Å². The Balaban J connectivity index is 1.61. The smallest absolute Gasteiger partial charge is 0.302 e. The van der Waals surface area contributed by atoms with Gasteiger partial charge in [-0.3, -0.25) is 19.1 Å². The van der Waals surface area contributed by atoms with Crippen molar-refractivity contribution in [3.05, 3.63) is 78.1 Å². The van der Waals surface area contributed by atoms with Crippen LogP contribution in [0.4, 0.5) is 0 Å². The number of nitrogens with two attached hydrogens (primary N) is 1. The molecule has 0 saturated carbocycles. The van der Waals surface area contributed by atoms with Crippen LogP contribution in [0, 0.1) is 5.41 Å². The predicted molar refractivity (Wildman–Crippen MR) is 140 cm³/mol. The van der Waals surface area contributed by atoms with Crippen molar-refractivity contribution in [3.8, 4) is 11.1 Å². The fourth-order valence-electron chi connectivity index (χ4n) is 4.25. The second-order valence-electron chi connectivity index (χ2n) is 9.48. The van der Waals surface area contributed by atoms with Gasteiger partial charge in [-0.05, 0) is 42.4 Å². The summed E-state index contributed by atoms with van der Waals surface area (Å²) in [6, 6.07) is 18.5. The summed E-state index contributed by atoms with van der Waals surface area (Å²) in [5, 5.41) is 4.50. The van der Waals surface area contributed by atoms with E-state index in [4.69, 9.17) is 15.2 Å². The Bertz CT molecular complexity index is 1150. The fraction of sp³-hybridized carbons (Fsp3) is 0.379. The van der Waals surface area contributed by atoms with Crippen LogP contribution in [0.25, 0.3) is 11.1 Å². The van der Waals surface area contributed by atoms with Crippen LogP contribution in [0.5, 0.6) is 0 Å². The number of amides is 1. The van der Waals surface area contributed by atoms with Crippen molar-refractivity contribution in [1.82, 2.24) is 9.78 Å². The molecule has 2 N–H and O–H groups in total.